The van der Waals surface area contributed by atoms with E-state index in [1.54, 1.807) is 6.20 Å². The van der Waals surface area contributed by atoms with E-state index in [1.165, 1.54) is 25.7 Å². The first kappa shape index (κ1) is 15.0. The molecule has 20 heavy (non-hydrogen) atoms. The number of H-pyrrole nitrogens is 1. The molecule has 4 heteroatoms. The number of rotatable bonds is 5. The van der Waals surface area contributed by atoms with Crippen LogP contribution in [0.15, 0.2) is 29.2 Å². The molecule has 1 aromatic rings. The smallest absolute Gasteiger partial charge is 0.251 e. The monoisotopic (exact) mass is 275 g/mol. The second kappa shape index (κ2) is 8.02. The van der Waals surface area contributed by atoms with Crippen molar-refractivity contribution in [3.63, 3.8) is 0 Å². The Balaban J connectivity index is 2.11. The van der Waals surface area contributed by atoms with Crippen LogP contribution >= 0.6 is 0 Å². The molecule has 0 amide bonds. The molecule has 0 radical (unpaired) electrons. The van der Waals surface area contributed by atoms with Crippen LogP contribution in [0.5, 0.6) is 0 Å². The van der Waals surface area contributed by atoms with Gasteiger partial charge in [-0.2, -0.15) is 0 Å². The Kier molecular flexibility index (Phi) is 6.02. The third-order valence-corrected chi connectivity index (χ3v) is 3.91. The van der Waals surface area contributed by atoms with Gasteiger partial charge in [-0.3, -0.25) is 4.79 Å². The lowest BCUT2D eigenvalue weighted by Gasteiger charge is -2.17. The number of pyridine rings is 1. The molecule has 1 aliphatic rings. The van der Waals surface area contributed by atoms with E-state index in [1.807, 2.05) is 18.2 Å². The maximum atomic E-state index is 12.0. The van der Waals surface area contributed by atoms with Crippen molar-refractivity contribution in [3.8, 4) is 0 Å². The highest BCUT2D eigenvalue weighted by Gasteiger charge is 2.14. The second-order valence-electron chi connectivity index (χ2n) is 5.43. The summed E-state index contributed by atoms with van der Waals surface area (Å²) < 4.78 is 0. The zero-order valence-corrected chi connectivity index (χ0v) is 12.0. The van der Waals surface area contributed by atoms with Gasteiger partial charge in [0.1, 0.15) is 0 Å². The standard InChI is InChI=1S/C16H25N3O/c17-9-4-3-7-15-13(8-11-19-16(15)20)12-14-6-2-1-5-10-18-14/h3-4,8,11,14,18H,1-2,5-7,9-10,12,17H2,(H,19,20). The Bertz CT molecular complexity index is 485. The number of allylic oxidation sites excluding steroid dienone is 1. The number of aromatic nitrogens is 1. The Morgan fingerprint density at radius 1 is 1.30 bits per heavy atom. The number of nitrogens with two attached hydrogens (primary N) is 1. The predicted molar refractivity (Wildman–Crippen MR) is 82.9 cm³/mol. The fraction of sp³-hybridized carbons (Fsp3) is 0.562. The topological polar surface area (TPSA) is 70.9 Å². The minimum absolute atomic E-state index is 0.0257. The first-order valence-electron chi connectivity index (χ1n) is 7.59. The van der Waals surface area contributed by atoms with Gasteiger partial charge in [0.25, 0.3) is 5.56 Å². The van der Waals surface area contributed by atoms with Gasteiger partial charge in [-0.15, -0.1) is 0 Å². The summed E-state index contributed by atoms with van der Waals surface area (Å²) in [7, 11) is 0. The summed E-state index contributed by atoms with van der Waals surface area (Å²) in [5.41, 5.74) is 7.52. The summed E-state index contributed by atoms with van der Waals surface area (Å²) >= 11 is 0. The molecule has 0 spiro atoms. The molecule has 0 aromatic carbocycles. The van der Waals surface area contributed by atoms with E-state index in [-0.39, 0.29) is 5.56 Å². The summed E-state index contributed by atoms with van der Waals surface area (Å²) in [6.45, 7) is 1.61. The first-order valence-corrected chi connectivity index (χ1v) is 7.59. The molecule has 0 aliphatic carbocycles. The molecule has 1 saturated heterocycles. The van der Waals surface area contributed by atoms with Crippen LogP contribution in [0.3, 0.4) is 0 Å². The van der Waals surface area contributed by atoms with Crippen molar-refractivity contribution in [1.29, 1.82) is 0 Å². The maximum Gasteiger partial charge on any atom is 0.251 e. The summed E-state index contributed by atoms with van der Waals surface area (Å²) in [6.07, 6.45) is 12.3. The Morgan fingerprint density at radius 3 is 3.05 bits per heavy atom. The molecule has 0 saturated carbocycles. The zero-order chi connectivity index (χ0) is 14.2. The second-order valence-corrected chi connectivity index (χ2v) is 5.43. The van der Waals surface area contributed by atoms with Gasteiger partial charge in [-0.1, -0.05) is 25.0 Å². The lowest BCUT2D eigenvalue weighted by atomic mass is 9.97. The number of nitrogens with one attached hydrogen (secondary N) is 2. The molecule has 0 bridgehead atoms. The maximum absolute atomic E-state index is 12.0. The Hall–Kier alpha value is -1.39. The van der Waals surface area contributed by atoms with E-state index < -0.39 is 0 Å². The van der Waals surface area contributed by atoms with E-state index in [4.69, 9.17) is 5.73 Å². The normalized spacial score (nSPS) is 20.1. The minimum atomic E-state index is 0.0257. The molecule has 1 unspecified atom stereocenters. The van der Waals surface area contributed by atoms with Gasteiger partial charge < -0.3 is 16.0 Å². The molecule has 4 N–H and O–H groups in total. The van der Waals surface area contributed by atoms with Gasteiger partial charge in [0, 0.05) is 24.3 Å². The SMILES string of the molecule is NCC=CCc1c(CC2CCCCCN2)cc[nH]c1=O. The van der Waals surface area contributed by atoms with Crippen molar-refractivity contribution in [2.24, 2.45) is 5.73 Å². The first-order chi connectivity index (χ1) is 9.81. The zero-order valence-electron chi connectivity index (χ0n) is 12.0. The number of aromatic amines is 1. The summed E-state index contributed by atoms with van der Waals surface area (Å²) in [4.78, 5) is 14.8. The van der Waals surface area contributed by atoms with Crippen LogP contribution in [0.4, 0.5) is 0 Å². The van der Waals surface area contributed by atoms with E-state index in [9.17, 15) is 4.79 Å². The van der Waals surface area contributed by atoms with Crippen molar-refractivity contribution in [3.05, 3.63) is 45.9 Å². The van der Waals surface area contributed by atoms with E-state index in [0.29, 0.717) is 19.0 Å². The van der Waals surface area contributed by atoms with E-state index in [0.717, 1.165) is 24.1 Å². The third kappa shape index (κ3) is 4.32. The molecular weight excluding hydrogens is 250 g/mol. The molecule has 2 rings (SSSR count). The van der Waals surface area contributed by atoms with E-state index in [2.05, 4.69) is 10.3 Å². The highest BCUT2D eigenvalue weighted by molar-refractivity contribution is 5.26. The quantitative estimate of drug-likeness (QED) is 0.713. The molecule has 1 aromatic heterocycles. The van der Waals surface area contributed by atoms with Crippen molar-refractivity contribution >= 4 is 0 Å². The van der Waals surface area contributed by atoms with Crippen LogP contribution in [0.2, 0.25) is 0 Å². The molecule has 1 aliphatic heterocycles. The predicted octanol–water partition coefficient (Wildman–Crippen LogP) is 1.51. The van der Waals surface area contributed by atoms with Crippen molar-refractivity contribution in [2.75, 3.05) is 13.1 Å². The van der Waals surface area contributed by atoms with Crippen LogP contribution < -0.4 is 16.6 Å². The molecule has 2 heterocycles. The lowest BCUT2D eigenvalue weighted by molar-refractivity contribution is 0.506. The van der Waals surface area contributed by atoms with Gasteiger partial charge >= 0.3 is 0 Å². The molecule has 4 nitrogen and oxygen atoms in total. The number of hydrogen-bond donors (Lipinski definition) is 3. The lowest BCUT2D eigenvalue weighted by Crippen LogP contribution is -2.31. The van der Waals surface area contributed by atoms with Gasteiger partial charge in [-0.05, 0) is 43.9 Å². The summed E-state index contributed by atoms with van der Waals surface area (Å²) in [5, 5.41) is 3.59. The molecule has 1 fully saturated rings. The van der Waals surface area contributed by atoms with Crippen LogP contribution in [0, 0.1) is 0 Å². The van der Waals surface area contributed by atoms with Crippen molar-refractivity contribution in [2.45, 2.75) is 44.6 Å². The fourth-order valence-corrected chi connectivity index (χ4v) is 2.80. The van der Waals surface area contributed by atoms with Crippen LogP contribution in [-0.2, 0) is 12.8 Å². The summed E-state index contributed by atoms with van der Waals surface area (Å²) in [6, 6.07) is 2.54. The average Bonchev–Trinajstić information content (AvgIpc) is 2.71. The summed E-state index contributed by atoms with van der Waals surface area (Å²) in [5.74, 6) is 0. The van der Waals surface area contributed by atoms with Gasteiger partial charge in [-0.25, -0.2) is 0 Å². The minimum Gasteiger partial charge on any atom is -0.329 e. The molecule has 110 valence electrons. The van der Waals surface area contributed by atoms with E-state index >= 15 is 0 Å². The largest absolute Gasteiger partial charge is 0.329 e. The highest BCUT2D eigenvalue weighted by Crippen LogP contribution is 2.15. The van der Waals surface area contributed by atoms with Gasteiger partial charge in [0.05, 0.1) is 0 Å². The van der Waals surface area contributed by atoms with Crippen LogP contribution in [0.1, 0.15) is 36.8 Å². The molecular formula is C16H25N3O. The van der Waals surface area contributed by atoms with Crippen LogP contribution in [0.25, 0.3) is 0 Å². The van der Waals surface area contributed by atoms with Crippen LogP contribution in [-0.4, -0.2) is 24.1 Å². The van der Waals surface area contributed by atoms with Gasteiger partial charge in [0.15, 0.2) is 0 Å². The number of hydrogen-bond acceptors (Lipinski definition) is 3. The highest BCUT2D eigenvalue weighted by atomic mass is 16.1. The van der Waals surface area contributed by atoms with Crippen molar-refractivity contribution in [1.82, 2.24) is 10.3 Å². The third-order valence-electron chi connectivity index (χ3n) is 3.91. The fourth-order valence-electron chi connectivity index (χ4n) is 2.80. The Labute approximate surface area is 120 Å². The Morgan fingerprint density at radius 2 is 2.20 bits per heavy atom. The van der Waals surface area contributed by atoms with Gasteiger partial charge in [0.2, 0.25) is 0 Å². The average molecular weight is 275 g/mol. The van der Waals surface area contributed by atoms with Crippen molar-refractivity contribution < 1.29 is 0 Å². The molecule has 1 atom stereocenters.